The van der Waals surface area contributed by atoms with Crippen molar-refractivity contribution in [2.75, 3.05) is 33.9 Å². The average molecular weight is 565 g/mol. The molecule has 4 aromatic carbocycles. The van der Waals surface area contributed by atoms with Gasteiger partial charge in [-0.05, 0) is 35.7 Å². The number of hydrogen-bond acceptors (Lipinski definition) is 5. The number of aryl methyl sites for hydroxylation is 1. The van der Waals surface area contributed by atoms with Gasteiger partial charge in [-0.15, -0.1) is 0 Å². The second-order valence-electron chi connectivity index (χ2n) is 10.3. The molecule has 42 heavy (non-hydrogen) atoms. The second-order valence-corrected chi connectivity index (χ2v) is 10.3. The molecule has 0 saturated heterocycles. The van der Waals surface area contributed by atoms with Crippen LogP contribution in [0, 0.1) is 5.92 Å². The molecule has 5 aromatic rings. The average Bonchev–Trinajstić information content (AvgIpc) is 3.52. The fourth-order valence-corrected chi connectivity index (χ4v) is 5.18. The predicted octanol–water partition coefficient (Wildman–Crippen LogP) is 5.17. The highest BCUT2D eigenvalue weighted by Crippen LogP contribution is 2.27. The maximum Gasteiger partial charge on any atom is 0.257 e. The Morgan fingerprint density at radius 3 is 2.19 bits per heavy atom. The first kappa shape index (κ1) is 28.7. The van der Waals surface area contributed by atoms with E-state index in [9.17, 15) is 9.59 Å². The van der Waals surface area contributed by atoms with Crippen LogP contribution in [0.5, 0.6) is 11.5 Å². The van der Waals surface area contributed by atoms with E-state index in [4.69, 9.17) is 9.47 Å². The van der Waals surface area contributed by atoms with Crippen molar-refractivity contribution in [3.63, 3.8) is 0 Å². The normalized spacial score (nSPS) is 13.9. The number of fused-ring (bicyclic) bond motifs is 3. The molecule has 0 fully saturated rings. The Morgan fingerprint density at radius 2 is 1.52 bits per heavy atom. The number of nitrogens with zero attached hydrogens (tertiary/aromatic N) is 2. The van der Waals surface area contributed by atoms with Crippen molar-refractivity contribution in [2.45, 2.75) is 19.3 Å². The molecular weight excluding hydrogens is 528 g/mol. The van der Waals surface area contributed by atoms with Crippen LogP contribution in [-0.4, -0.2) is 60.5 Å². The van der Waals surface area contributed by atoms with Gasteiger partial charge in [-0.2, -0.15) is 0 Å². The van der Waals surface area contributed by atoms with Crippen LogP contribution >= 0.6 is 0 Å². The Bertz CT molecular complexity index is 1650. The van der Waals surface area contributed by atoms with Crippen LogP contribution in [0.2, 0.25) is 0 Å². The molecule has 8 nitrogen and oxygen atoms in total. The third-order valence-corrected chi connectivity index (χ3v) is 7.53. The topological polar surface area (TPSA) is 96.5 Å². The Hall–Kier alpha value is -4.85. The standard InChI is InChI=1S/C21H23N3O2.C13H13NO2/c1-24(21(25)16-9-10-18-19(13-16)23-14-22-18)11-12-26-20-8-4-6-15-5-2-3-7-17(15)20;1-14-13(15)9-16-12-8-4-6-10-5-2-3-7-11(10)12/h2-8,14,16H,9-13H2,1H3,(H,22,23);2-8H,9H2,1H3,(H,14,15). The number of ether oxygens (including phenoxy) is 2. The van der Waals surface area contributed by atoms with Crippen molar-refractivity contribution in [2.24, 2.45) is 5.92 Å². The number of aromatic nitrogens is 2. The van der Waals surface area contributed by atoms with E-state index in [1.165, 1.54) is 0 Å². The largest absolute Gasteiger partial charge is 0.491 e. The van der Waals surface area contributed by atoms with Crippen molar-refractivity contribution in [1.29, 1.82) is 0 Å². The summed E-state index contributed by atoms with van der Waals surface area (Å²) in [5.74, 6) is 1.69. The van der Waals surface area contributed by atoms with Gasteiger partial charge >= 0.3 is 0 Å². The monoisotopic (exact) mass is 564 g/mol. The summed E-state index contributed by atoms with van der Waals surface area (Å²) in [6, 6.07) is 27.9. The number of imidazole rings is 1. The summed E-state index contributed by atoms with van der Waals surface area (Å²) in [5, 5.41) is 6.91. The molecule has 0 spiro atoms. The van der Waals surface area contributed by atoms with Crippen molar-refractivity contribution in [3.8, 4) is 11.5 Å². The van der Waals surface area contributed by atoms with Gasteiger partial charge in [-0.25, -0.2) is 4.98 Å². The third-order valence-electron chi connectivity index (χ3n) is 7.53. The minimum absolute atomic E-state index is 0.0329. The number of amides is 2. The lowest BCUT2D eigenvalue weighted by Crippen LogP contribution is -2.38. The first-order valence-corrected chi connectivity index (χ1v) is 14.2. The van der Waals surface area contributed by atoms with E-state index in [1.54, 1.807) is 18.3 Å². The quantitative estimate of drug-likeness (QED) is 0.271. The predicted molar refractivity (Wildman–Crippen MR) is 165 cm³/mol. The summed E-state index contributed by atoms with van der Waals surface area (Å²) in [5.41, 5.74) is 2.21. The van der Waals surface area contributed by atoms with Gasteiger partial charge in [0.1, 0.15) is 18.1 Å². The van der Waals surface area contributed by atoms with Crippen LogP contribution in [0.1, 0.15) is 17.8 Å². The van der Waals surface area contributed by atoms with E-state index < -0.39 is 0 Å². The SMILES string of the molecule is CN(CCOc1cccc2ccccc12)C(=O)C1CCc2nc[nH]c2C1.CNC(=O)COc1cccc2ccccc12. The van der Waals surface area contributed by atoms with Gasteiger partial charge in [0.2, 0.25) is 5.91 Å². The number of hydrogen-bond donors (Lipinski definition) is 2. The lowest BCUT2D eigenvalue weighted by atomic mass is 9.89. The number of carbonyl (C=O) groups excluding carboxylic acids is 2. The Balaban J connectivity index is 0.000000189. The highest BCUT2D eigenvalue weighted by molar-refractivity contribution is 5.89. The van der Waals surface area contributed by atoms with Crippen LogP contribution in [0.25, 0.3) is 21.5 Å². The molecule has 1 aliphatic rings. The Kier molecular flexibility index (Phi) is 9.33. The second kappa shape index (κ2) is 13.7. The number of aromatic amines is 1. The number of H-pyrrole nitrogens is 1. The molecule has 2 amide bonds. The van der Waals surface area contributed by atoms with Gasteiger partial charge < -0.3 is 24.7 Å². The van der Waals surface area contributed by atoms with Crippen molar-refractivity contribution < 1.29 is 19.1 Å². The number of rotatable bonds is 8. The maximum absolute atomic E-state index is 12.7. The molecule has 1 aromatic heterocycles. The minimum Gasteiger partial charge on any atom is -0.491 e. The first-order valence-electron chi connectivity index (χ1n) is 14.2. The molecular formula is C34H36N4O4. The van der Waals surface area contributed by atoms with E-state index in [2.05, 4.69) is 33.5 Å². The zero-order valence-corrected chi connectivity index (χ0v) is 24.0. The molecule has 8 heteroatoms. The van der Waals surface area contributed by atoms with E-state index in [0.717, 1.165) is 63.7 Å². The van der Waals surface area contributed by atoms with Gasteiger partial charge in [0.25, 0.3) is 5.91 Å². The molecule has 0 radical (unpaired) electrons. The zero-order valence-electron chi connectivity index (χ0n) is 24.0. The Labute approximate surface area is 245 Å². The van der Waals surface area contributed by atoms with Crippen LogP contribution < -0.4 is 14.8 Å². The number of carbonyl (C=O) groups is 2. The third kappa shape index (κ3) is 6.89. The molecule has 1 unspecified atom stereocenters. The van der Waals surface area contributed by atoms with Crippen LogP contribution in [0.4, 0.5) is 0 Å². The maximum atomic E-state index is 12.7. The number of benzene rings is 4. The highest BCUT2D eigenvalue weighted by atomic mass is 16.5. The molecule has 6 rings (SSSR count). The van der Waals surface area contributed by atoms with Gasteiger partial charge in [0.15, 0.2) is 6.61 Å². The summed E-state index contributed by atoms with van der Waals surface area (Å²) in [7, 11) is 3.45. The zero-order chi connectivity index (χ0) is 29.3. The fourth-order valence-electron chi connectivity index (χ4n) is 5.18. The van der Waals surface area contributed by atoms with E-state index in [-0.39, 0.29) is 24.3 Å². The van der Waals surface area contributed by atoms with E-state index in [1.807, 2.05) is 73.8 Å². The highest BCUT2D eigenvalue weighted by Gasteiger charge is 2.28. The van der Waals surface area contributed by atoms with Gasteiger partial charge in [-0.3, -0.25) is 9.59 Å². The van der Waals surface area contributed by atoms with Gasteiger partial charge in [0.05, 0.1) is 18.6 Å². The molecule has 1 aliphatic carbocycles. The smallest absolute Gasteiger partial charge is 0.257 e. The van der Waals surface area contributed by atoms with Gasteiger partial charge in [0, 0.05) is 42.9 Å². The van der Waals surface area contributed by atoms with Crippen molar-refractivity contribution >= 4 is 33.4 Å². The lowest BCUT2D eigenvalue weighted by Gasteiger charge is -2.26. The molecule has 216 valence electrons. The Morgan fingerprint density at radius 1 is 0.905 bits per heavy atom. The molecule has 0 bridgehead atoms. The summed E-state index contributed by atoms with van der Waals surface area (Å²) in [6.07, 6.45) is 4.21. The van der Waals surface area contributed by atoms with Crippen molar-refractivity contribution in [1.82, 2.24) is 20.2 Å². The van der Waals surface area contributed by atoms with E-state index in [0.29, 0.717) is 13.2 Å². The summed E-state index contributed by atoms with van der Waals surface area (Å²) >= 11 is 0. The van der Waals surface area contributed by atoms with Crippen LogP contribution in [-0.2, 0) is 22.4 Å². The number of nitrogens with one attached hydrogen (secondary N) is 2. The fraction of sp³-hybridized carbons (Fsp3) is 0.265. The summed E-state index contributed by atoms with van der Waals surface area (Å²) in [6.45, 7) is 1.11. The van der Waals surface area contributed by atoms with Crippen molar-refractivity contribution in [3.05, 3.63) is 103 Å². The summed E-state index contributed by atoms with van der Waals surface area (Å²) < 4.78 is 11.4. The van der Waals surface area contributed by atoms with E-state index >= 15 is 0 Å². The van der Waals surface area contributed by atoms with Crippen LogP contribution in [0.3, 0.4) is 0 Å². The molecule has 0 aliphatic heterocycles. The lowest BCUT2D eigenvalue weighted by molar-refractivity contribution is -0.135. The van der Waals surface area contributed by atoms with Gasteiger partial charge in [-0.1, -0.05) is 72.8 Å². The first-order chi connectivity index (χ1) is 20.5. The molecule has 0 saturated carbocycles. The molecule has 2 N–H and O–H groups in total. The molecule has 1 heterocycles. The molecule has 1 atom stereocenters. The minimum atomic E-state index is -0.132. The number of likely N-dealkylation sites (N-methyl/N-ethyl adjacent to an activating group) is 2. The summed E-state index contributed by atoms with van der Waals surface area (Å²) in [4.78, 5) is 33.1. The van der Waals surface area contributed by atoms with Crippen LogP contribution in [0.15, 0.2) is 91.3 Å².